The third kappa shape index (κ3) is 3.34. The zero-order chi connectivity index (χ0) is 11.3. The van der Waals surface area contributed by atoms with Crippen molar-refractivity contribution in [1.29, 1.82) is 0 Å². The highest BCUT2D eigenvalue weighted by Gasteiger charge is 2.14. The third-order valence-electron chi connectivity index (χ3n) is 2.16. The van der Waals surface area contributed by atoms with Crippen LogP contribution in [0.4, 0.5) is 0 Å². The molecule has 0 aliphatic carbocycles. The number of nitrogens with two attached hydrogens (primary N) is 2. The van der Waals surface area contributed by atoms with Crippen molar-refractivity contribution in [2.24, 2.45) is 11.5 Å². The third-order valence-corrected chi connectivity index (χ3v) is 2.16. The topological polar surface area (TPSA) is 81.1 Å². The number of carbonyl (C=O) groups is 1. The van der Waals surface area contributed by atoms with Gasteiger partial charge in [-0.15, -0.1) is 0 Å². The fourth-order valence-electron chi connectivity index (χ4n) is 1.23. The number of amides is 1. The van der Waals surface area contributed by atoms with Crippen molar-refractivity contribution in [1.82, 2.24) is 5.32 Å². The van der Waals surface area contributed by atoms with Gasteiger partial charge in [0.15, 0.2) is 0 Å². The van der Waals surface area contributed by atoms with Crippen LogP contribution in [0.1, 0.15) is 17.2 Å². The van der Waals surface area contributed by atoms with E-state index in [1.54, 1.807) is 0 Å². The molecule has 0 aromatic heterocycles. The Morgan fingerprint density at radius 3 is 2.53 bits per heavy atom. The molecular formula is C11H17N3O. The lowest BCUT2D eigenvalue weighted by atomic mass is 10.1. The van der Waals surface area contributed by atoms with E-state index in [9.17, 15) is 4.79 Å². The minimum Gasteiger partial charge on any atom is -0.353 e. The van der Waals surface area contributed by atoms with E-state index < -0.39 is 6.04 Å². The van der Waals surface area contributed by atoms with Crippen molar-refractivity contribution in [2.75, 3.05) is 13.1 Å². The van der Waals surface area contributed by atoms with Crippen molar-refractivity contribution in [3.8, 4) is 0 Å². The Hall–Kier alpha value is -1.39. The molecule has 1 rings (SSSR count). The predicted molar refractivity (Wildman–Crippen MR) is 60.2 cm³/mol. The lowest BCUT2D eigenvalue weighted by Gasteiger charge is -2.12. The number of hydrogen-bond donors (Lipinski definition) is 3. The summed E-state index contributed by atoms with van der Waals surface area (Å²) in [5.74, 6) is -0.190. The van der Waals surface area contributed by atoms with Crippen molar-refractivity contribution >= 4 is 5.91 Å². The van der Waals surface area contributed by atoms with Gasteiger partial charge in [0.1, 0.15) is 6.04 Å². The Balaban J connectivity index is 2.63. The summed E-state index contributed by atoms with van der Waals surface area (Å²) in [5, 5.41) is 2.66. The van der Waals surface area contributed by atoms with Gasteiger partial charge in [-0.25, -0.2) is 0 Å². The summed E-state index contributed by atoms with van der Waals surface area (Å²) in [4.78, 5) is 11.5. The van der Waals surface area contributed by atoms with E-state index >= 15 is 0 Å². The van der Waals surface area contributed by atoms with E-state index in [0.717, 1.165) is 11.1 Å². The van der Waals surface area contributed by atoms with E-state index in [4.69, 9.17) is 11.5 Å². The van der Waals surface area contributed by atoms with Gasteiger partial charge in [0.2, 0.25) is 5.91 Å². The van der Waals surface area contributed by atoms with Gasteiger partial charge >= 0.3 is 0 Å². The summed E-state index contributed by atoms with van der Waals surface area (Å²) in [7, 11) is 0. The highest BCUT2D eigenvalue weighted by atomic mass is 16.2. The maximum atomic E-state index is 11.5. The average molecular weight is 207 g/mol. The molecule has 0 spiro atoms. The Morgan fingerprint density at radius 1 is 1.40 bits per heavy atom. The molecule has 0 heterocycles. The smallest absolute Gasteiger partial charge is 0.241 e. The van der Waals surface area contributed by atoms with E-state index in [2.05, 4.69) is 5.32 Å². The standard InChI is InChI=1S/C11H17N3O/c1-8-2-4-9(5-3-8)10(13)11(15)14-7-6-12/h2-5,10H,6-7,12-13H2,1H3,(H,14,15). The molecule has 82 valence electrons. The van der Waals surface area contributed by atoms with Crippen LogP contribution in [-0.4, -0.2) is 19.0 Å². The van der Waals surface area contributed by atoms with Crippen LogP contribution < -0.4 is 16.8 Å². The highest BCUT2D eigenvalue weighted by molar-refractivity contribution is 5.82. The lowest BCUT2D eigenvalue weighted by Crippen LogP contribution is -2.36. The number of carbonyl (C=O) groups excluding carboxylic acids is 1. The van der Waals surface area contributed by atoms with E-state index in [1.165, 1.54) is 0 Å². The fraction of sp³-hybridized carbons (Fsp3) is 0.364. The van der Waals surface area contributed by atoms with Gasteiger partial charge in [-0.05, 0) is 12.5 Å². The molecule has 0 saturated heterocycles. The fourth-order valence-corrected chi connectivity index (χ4v) is 1.23. The van der Waals surface area contributed by atoms with Crippen molar-refractivity contribution < 1.29 is 4.79 Å². The molecule has 4 nitrogen and oxygen atoms in total. The first-order chi connectivity index (χ1) is 7.15. The molecule has 4 heteroatoms. The van der Waals surface area contributed by atoms with Crippen molar-refractivity contribution in [3.63, 3.8) is 0 Å². The molecule has 0 aliphatic heterocycles. The number of nitrogens with one attached hydrogen (secondary N) is 1. The van der Waals surface area contributed by atoms with Gasteiger partial charge in [0, 0.05) is 13.1 Å². The van der Waals surface area contributed by atoms with Crippen molar-refractivity contribution in [3.05, 3.63) is 35.4 Å². The van der Waals surface area contributed by atoms with Crippen LogP contribution >= 0.6 is 0 Å². The second-order valence-electron chi connectivity index (χ2n) is 3.47. The van der Waals surface area contributed by atoms with Crippen LogP contribution in [-0.2, 0) is 4.79 Å². The van der Waals surface area contributed by atoms with Crippen LogP contribution in [0.25, 0.3) is 0 Å². The van der Waals surface area contributed by atoms with Crippen LogP contribution in [0.5, 0.6) is 0 Å². The highest BCUT2D eigenvalue weighted by Crippen LogP contribution is 2.11. The summed E-state index contributed by atoms with van der Waals surface area (Å²) in [6.07, 6.45) is 0. The minimum atomic E-state index is -0.614. The largest absolute Gasteiger partial charge is 0.353 e. The first-order valence-electron chi connectivity index (χ1n) is 4.95. The molecule has 0 radical (unpaired) electrons. The molecule has 0 aliphatic rings. The molecule has 0 fully saturated rings. The molecule has 0 saturated carbocycles. The summed E-state index contributed by atoms with van der Waals surface area (Å²) in [6, 6.07) is 6.98. The second-order valence-corrected chi connectivity index (χ2v) is 3.47. The van der Waals surface area contributed by atoms with Gasteiger partial charge in [0.05, 0.1) is 0 Å². The quantitative estimate of drug-likeness (QED) is 0.653. The Morgan fingerprint density at radius 2 is 2.00 bits per heavy atom. The lowest BCUT2D eigenvalue weighted by molar-refractivity contribution is -0.122. The first-order valence-corrected chi connectivity index (χ1v) is 4.95. The van der Waals surface area contributed by atoms with Crippen LogP contribution in [0.2, 0.25) is 0 Å². The second kappa shape index (κ2) is 5.48. The number of aryl methyl sites for hydroxylation is 1. The SMILES string of the molecule is Cc1ccc(C(N)C(=O)NCCN)cc1. The Bertz CT molecular complexity index is 321. The van der Waals surface area contributed by atoms with Gasteiger partial charge in [-0.2, -0.15) is 0 Å². The summed E-state index contributed by atoms with van der Waals surface area (Å²) >= 11 is 0. The maximum Gasteiger partial charge on any atom is 0.241 e. The van der Waals surface area contributed by atoms with Crippen LogP contribution in [0, 0.1) is 6.92 Å². The molecular weight excluding hydrogens is 190 g/mol. The predicted octanol–water partition coefficient (Wildman–Crippen LogP) is 0.0697. The molecule has 5 N–H and O–H groups in total. The average Bonchev–Trinajstić information content (AvgIpc) is 2.26. The molecule has 1 aromatic rings. The normalized spacial score (nSPS) is 12.2. The summed E-state index contributed by atoms with van der Waals surface area (Å²) < 4.78 is 0. The maximum absolute atomic E-state index is 11.5. The molecule has 1 amide bonds. The number of benzene rings is 1. The van der Waals surface area contributed by atoms with Crippen molar-refractivity contribution in [2.45, 2.75) is 13.0 Å². The molecule has 1 unspecified atom stereocenters. The van der Waals surface area contributed by atoms with Gasteiger partial charge in [-0.1, -0.05) is 29.8 Å². The molecule has 1 aromatic carbocycles. The van der Waals surface area contributed by atoms with E-state index in [-0.39, 0.29) is 5.91 Å². The van der Waals surface area contributed by atoms with Gasteiger partial charge < -0.3 is 16.8 Å². The van der Waals surface area contributed by atoms with E-state index in [0.29, 0.717) is 13.1 Å². The first kappa shape index (κ1) is 11.7. The molecule has 1 atom stereocenters. The minimum absolute atomic E-state index is 0.190. The summed E-state index contributed by atoms with van der Waals surface area (Å²) in [5.41, 5.74) is 13.0. The number of rotatable bonds is 4. The van der Waals surface area contributed by atoms with Gasteiger partial charge in [-0.3, -0.25) is 4.79 Å². The Kier molecular flexibility index (Phi) is 4.27. The summed E-state index contributed by atoms with van der Waals surface area (Å²) in [6.45, 7) is 2.87. The number of hydrogen-bond acceptors (Lipinski definition) is 3. The Labute approximate surface area is 89.6 Å². The molecule has 0 bridgehead atoms. The molecule has 15 heavy (non-hydrogen) atoms. The van der Waals surface area contributed by atoms with Crippen LogP contribution in [0.3, 0.4) is 0 Å². The monoisotopic (exact) mass is 207 g/mol. The van der Waals surface area contributed by atoms with Crippen LogP contribution in [0.15, 0.2) is 24.3 Å². The van der Waals surface area contributed by atoms with Gasteiger partial charge in [0.25, 0.3) is 0 Å². The van der Waals surface area contributed by atoms with E-state index in [1.807, 2.05) is 31.2 Å². The zero-order valence-electron chi connectivity index (χ0n) is 8.86. The zero-order valence-corrected chi connectivity index (χ0v) is 8.86.